The molecule has 5 nitrogen and oxygen atoms in total. The van der Waals surface area contributed by atoms with Crippen LogP contribution in [0.5, 0.6) is 0 Å². The molecular formula is C17H16F3N5. The smallest absolute Gasteiger partial charge is 0.356 e. The molecule has 1 N–H and O–H groups in total. The van der Waals surface area contributed by atoms with Crippen molar-refractivity contribution < 1.29 is 13.2 Å². The molecule has 0 saturated carbocycles. The first kappa shape index (κ1) is 17.1. The van der Waals surface area contributed by atoms with E-state index in [1.807, 2.05) is 6.92 Å². The molecule has 0 amide bonds. The van der Waals surface area contributed by atoms with Crippen molar-refractivity contribution in [1.29, 1.82) is 0 Å². The highest BCUT2D eigenvalue weighted by Crippen LogP contribution is 2.35. The lowest BCUT2D eigenvalue weighted by Crippen LogP contribution is -2.46. The van der Waals surface area contributed by atoms with E-state index in [0.717, 1.165) is 19.4 Å². The Balaban J connectivity index is 2.19. The van der Waals surface area contributed by atoms with Gasteiger partial charge in [-0.05, 0) is 38.5 Å². The largest absolute Gasteiger partial charge is 0.410 e. The zero-order chi connectivity index (χ0) is 18.2. The van der Waals surface area contributed by atoms with Crippen LogP contribution in [0.2, 0.25) is 0 Å². The minimum Gasteiger partial charge on any atom is -0.356 e. The van der Waals surface area contributed by atoms with Gasteiger partial charge in [-0.1, -0.05) is 0 Å². The van der Waals surface area contributed by atoms with Gasteiger partial charge in [-0.15, -0.1) is 0 Å². The maximum atomic E-state index is 13.3. The van der Waals surface area contributed by atoms with Crippen molar-refractivity contribution in [1.82, 2.24) is 19.9 Å². The molecule has 0 radical (unpaired) electrons. The van der Waals surface area contributed by atoms with Gasteiger partial charge >= 0.3 is 6.18 Å². The summed E-state index contributed by atoms with van der Waals surface area (Å²) in [4.78, 5) is 16.8. The highest BCUT2D eigenvalue weighted by molar-refractivity contribution is 5.90. The summed E-state index contributed by atoms with van der Waals surface area (Å²) in [7, 11) is 0. The molecule has 3 rings (SSSR count). The average molecular weight is 347 g/mol. The van der Waals surface area contributed by atoms with Crippen LogP contribution in [-0.2, 0) is 0 Å². The van der Waals surface area contributed by atoms with Crippen molar-refractivity contribution in [3.05, 3.63) is 42.5 Å². The lowest BCUT2D eigenvalue weighted by molar-refractivity contribution is -0.168. The van der Waals surface area contributed by atoms with Gasteiger partial charge in [-0.2, -0.15) is 13.2 Å². The Morgan fingerprint density at radius 1 is 0.960 bits per heavy atom. The molecule has 0 spiro atoms. The molecule has 25 heavy (non-hydrogen) atoms. The Labute approximate surface area is 142 Å². The number of pyridine rings is 2. The van der Waals surface area contributed by atoms with Crippen LogP contribution < -0.4 is 5.32 Å². The van der Waals surface area contributed by atoms with E-state index >= 15 is 0 Å². The highest BCUT2D eigenvalue weighted by atomic mass is 19.4. The van der Waals surface area contributed by atoms with E-state index in [4.69, 9.17) is 0 Å². The van der Waals surface area contributed by atoms with Crippen LogP contribution in [0.25, 0.3) is 22.3 Å². The first-order chi connectivity index (χ1) is 11.7. The second-order valence-corrected chi connectivity index (χ2v) is 6.23. The third kappa shape index (κ3) is 3.24. The molecule has 0 aromatic carbocycles. The van der Waals surface area contributed by atoms with E-state index in [1.165, 1.54) is 12.4 Å². The zero-order valence-electron chi connectivity index (χ0n) is 13.9. The summed E-state index contributed by atoms with van der Waals surface area (Å²) in [5.74, 6) is 0.432. The summed E-state index contributed by atoms with van der Waals surface area (Å²) in [5, 5.41) is 2.99. The quantitative estimate of drug-likeness (QED) is 0.771. The maximum Gasteiger partial charge on any atom is 0.410 e. The lowest BCUT2D eigenvalue weighted by atomic mass is 10.0. The Morgan fingerprint density at radius 3 is 2.32 bits per heavy atom. The number of hydrogen-bond donors (Lipinski definition) is 1. The summed E-state index contributed by atoms with van der Waals surface area (Å²) < 4.78 is 39.8. The van der Waals surface area contributed by atoms with Crippen LogP contribution in [0, 0.1) is 6.92 Å². The summed E-state index contributed by atoms with van der Waals surface area (Å²) in [6.07, 6.45) is 1.80. The van der Waals surface area contributed by atoms with Gasteiger partial charge in [0.1, 0.15) is 11.4 Å². The van der Waals surface area contributed by atoms with E-state index in [1.54, 1.807) is 24.5 Å². The molecule has 0 aliphatic carbocycles. The van der Waals surface area contributed by atoms with Crippen LogP contribution in [0.15, 0.2) is 36.9 Å². The molecule has 3 heterocycles. The Kier molecular flexibility index (Phi) is 4.06. The van der Waals surface area contributed by atoms with E-state index < -0.39 is 11.7 Å². The molecule has 0 saturated heterocycles. The number of nitrogens with one attached hydrogen (secondary N) is 1. The molecule has 3 aromatic rings. The van der Waals surface area contributed by atoms with Crippen LogP contribution in [-0.4, -0.2) is 31.7 Å². The molecule has 0 aliphatic rings. The molecule has 8 heteroatoms. The van der Waals surface area contributed by atoms with E-state index in [9.17, 15) is 13.2 Å². The van der Waals surface area contributed by atoms with Gasteiger partial charge < -0.3 is 5.32 Å². The van der Waals surface area contributed by atoms with Crippen LogP contribution in [0.1, 0.15) is 19.4 Å². The molecule has 3 aromatic heterocycles. The van der Waals surface area contributed by atoms with Crippen molar-refractivity contribution >= 4 is 16.7 Å². The third-order valence-electron chi connectivity index (χ3n) is 3.90. The summed E-state index contributed by atoms with van der Waals surface area (Å²) in [5.41, 5.74) is -0.160. The number of fused-ring (bicyclic) bond motifs is 1. The number of anilines is 1. The predicted molar refractivity (Wildman–Crippen MR) is 89.1 cm³/mol. The number of aryl methyl sites for hydroxylation is 1. The Bertz CT molecular complexity index is 922. The van der Waals surface area contributed by atoms with Crippen molar-refractivity contribution in [3.63, 3.8) is 0 Å². The molecule has 0 bridgehead atoms. The zero-order valence-corrected chi connectivity index (χ0v) is 13.9. The number of nitrogens with zero attached hydrogens (tertiary/aromatic N) is 4. The molecular weight excluding hydrogens is 331 g/mol. The number of hydrogen-bond acceptors (Lipinski definition) is 5. The molecule has 0 fully saturated rings. The number of halogens is 3. The van der Waals surface area contributed by atoms with Gasteiger partial charge in [0, 0.05) is 29.5 Å². The molecule has 130 valence electrons. The van der Waals surface area contributed by atoms with Crippen LogP contribution >= 0.6 is 0 Å². The van der Waals surface area contributed by atoms with Crippen molar-refractivity contribution in [2.45, 2.75) is 32.5 Å². The van der Waals surface area contributed by atoms with E-state index in [0.29, 0.717) is 22.3 Å². The minimum atomic E-state index is -4.44. The van der Waals surface area contributed by atoms with E-state index in [2.05, 4.69) is 25.3 Å². The SMILES string of the molecule is Cc1cnccc1-c1nc(NC(C)(C)C(F)(F)F)c2ccncc2n1. The number of aromatic nitrogens is 4. The van der Waals surface area contributed by atoms with Gasteiger partial charge in [0.15, 0.2) is 5.82 Å². The predicted octanol–water partition coefficient (Wildman–Crippen LogP) is 4.15. The molecule has 0 atom stereocenters. The fourth-order valence-corrected chi connectivity index (χ4v) is 2.29. The van der Waals surface area contributed by atoms with Crippen molar-refractivity contribution in [2.24, 2.45) is 0 Å². The van der Waals surface area contributed by atoms with Gasteiger partial charge in [0.05, 0.1) is 11.7 Å². The fraction of sp³-hybridized carbons (Fsp3) is 0.294. The normalized spacial score (nSPS) is 12.4. The second kappa shape index (κ2) is 5.94. The topological polar surface area (TPSA) is 63.6 Å². The standard InChI is InChI=1S/C17H16F3N5/c1-10-8-21-6-4-11(10)14-23-13-9-22-7-5-12(13)15(24-14)25-16(2,3)17(18,19)20/h4-9H,1-3H3,(H,23,24,25). The number of rotatable bonds is 3. The highest BCUT2D eigenvalue weighted by Gasteiger charge is 2.47. The van der Waals surface area contributed by atoms with Crippen molar-refractivity contribution in [3.8, 4) is 11.4 Å². The lowest BCUT2D eigenvalue weighted by Gasteiger charge is -2.30. The summed E-state index contributed by atoms with van der Waals surface area (Å²) in [6, 6.07) is 3.32. The second-order valence-electron chi connectivity index (χ2n) is 6.23. The first-order valence-corrected chi connectivity index (χ1v) is 7.57. The van der Waals surface area contributed by atoms with Gasteiger partial charge in [0.2, 0.25) is 0 Å². The van der Waals surface area contributed by atoms with Crippen LogP contribution in [0.4, 0.5) is 19.0 Å². The minimum absolute atomic E-state index is 0.112. The summed E-state index contributed by atoms with van der Waals surface area (Å²) in [6.45, 7) is 3.98. The monoisotopic (exact) mass is 347 g/mol. The first-order valence-electron chi connectivity index (χ1n) is 7.57. The van der Waals surface area contributed by atoms with Crippen molar-refractivity contribution in [2.75, 3.05) is 5.32 Å². The third-order valence-corrected chi connectivity index (χ3v) is 3.90. The Morgan fingerprint density at radius 2 is 1.64 bits per heavy atom. The van der Waals surface area contributed by atoms with Crippen LogP contribution in [0.3, 0.4) is 0 Å². The molecule has 0 aliphatic heterocycles. The Hall–Kier alpha value is -2.77. The summed E-state index contributed by atoms with van der Waals surface area (Å²) >= 11 is 0. The fourth-order valence-electron chi connectivity index (χ4n) is 2.29. The molecule has 0 unspecified atom stereocenters. The number of alkyl halides is 3. The van der Waals surface area contributed by atoms with Gasteiger partial charge in [-0.3, -0.25) is 9.97 Å². The maximum absolute atomic E-state index is 13.3. The van der Waals surface area contributed by atoms with Gasteiger partial charge in [0.25, 0.3) is 0 Å². The van der Waals surface area contributed by atoms with E-state index in [-0.39, 0.29) is 5.82 Å². The van der Waals surface area contributed by atoms with Gasteiger partial charge in [-0.25, -0.2) is 9.97 Å². The average Bonchev–Trinajstić information content (AvgIpc) is 2.54.